The first kappa shape index (κ1) is 24.4. The van der Waals surface area contributed by atoms with Crippen LogP contribution in [0, 0.1) is 6.92 Å². The van der Waals surface area contributed by atoms with E-state index in [4.69, 9.17) is 0 Å². The number of piperazine rings is 1. The maximum absolute atomic E-state index is 13.8. The fraction of sp³-hybridized carbons (Fsp3) is 0.269. The Morgan fingerprint density at radius 1 is 1.00 bits per heavy atom. The number of nitrogens with one attached hydrogen (secondary N) is 1. The molecule has 1 amide bonds. The molecule has 186 valence electrons. The van der Waals surface area contributed by atoms with Gasteiger partial charge in [0.15, 0.2) is 0 Å². The molecule has 36 heavy (non-hydrogen) atoms. The molecule has 0 spiro atoms. The van der Waals surface area contributed by atoms with Gasteiger partial charge in [0.25, 0.3) is 0 Å². The average molecular weight is 522 g/mol. The summed E-state index contributed by atoms with van der Waals surface area (Å²) in [6.45, 7) is 5.78. The Kier molecular flexibility index (Phi) is 6.74. The lowest BCUT2D eigenvalue weighted by Crippen LogP contribution is -2.56. The van der Waals surface area contributed by atoms with Crippen LogP contribution in [-0.2, 0) is 14.8 Å². The maximum Gasteiger partial charge on any atom is 0.245 e. The summed E-state index contributed by atoms with van der Waals surface area (Å²) in [7, 11) is -4.06. The number of hydrogen-bond donors (Lipinski definition) is 1. The van der Waals surface area contributed by atoms with Gasteiger partial charge in [0.1, 0.15) is 22.0 Å². The zero-order valence-electron chi connectivity index (χ0n) is 20.0. The van der Waals surface area contributed by atoms with E-state index in [0.29, 0.717) is 36.2 Å². The standard InChI is InChI=1S/C26H27N5O3S2/c1-18-11-13-21(14-12-18)31-16-15-30(17-19(31)2)26(32)24(20-7-4-3-5-8-20)29-36(33,34)23-10-6-9-22-25(23)28-35-27-22/h3-14,19,24,29H,15-17H2,1-2H3. The summed E-state index contributed by atoms with van der Waals surface area (Å²) in [5.41, 5.74) is 3.71. The Morgan fingerprint density at radius 2 is 1.75 bits per heavy atom. The predicted octanol–water partition coefficient (Wildman–Crippen LogP) is 3.76. The molecule has 1 aliphatic rings. The van der Waals surface area contributed by atoms with E-state index in [1.807, 2.05) is 6.07 Å². The molecule has 0 radical (unpaired) electrons. The van der Waals surface area contributed by atoms with Gasteiger partial charge in [-0.15, -0.1) is 0 Å². The molecule has 1 saturated heterocycles. The van der Waals surface area contributed by atoms with Crippen molar-refractivity contribution in [3.8, 4) is 0 Å². The zero-order chi connectivity index (χ0) is 25.3. The molecule has 0 saturated carbocycles. The van der Waals surface area contributed by atoms with Crippen LogP contribution in [0.1, 0.15) is 24.1 Å². The number of benzene rings is 3. The SMILES string of the molecule is Cc1ccc(N2CCN(C(=O)C(NS(=O)(=O)c3cccc4nsnc34)c3ccccc3)CC2C)cc1. The molecule has 2 atom stereocenters. The van der Waals surface area contributed by atoms with Gasteiger partial charge in [-0.3, -0.25) is 4.79 Å². The topological polar surface area (TPSA) is 95.5 Å². The van der Waals surface area contributed by atoms with Gasteiger partial charge < -0.3 is 9.80 Å². The number of rotatable bonds is 6. The van der Waals surface area contributed by atoms with Crippen LogP contribution in [-0.4, -0.2) is 53.6 Å². The Labute approximate surface area is 214 Å². The van der Waals surface area contributed by atoms with E-state index < -0.39 is 16.1 Å². The van der Waals surface area contributed by atoms with Gasteiger partial charge in [0, 0.05) is 31.4 Å². The van der Waals surface area contributed by atoms with Crippen molar-refractivity contribution in [2.45, 2.75) is 30.8 Å². The van der Waals surface area contributed by atoms with Gasteiger partial charge in [-0.2, -0.15) is 13.5 Å². The maximum atomic E-state index is 13.8. The Hall–Kier alpha value is -3.34. The highest BCUT2D eigenvalue weighted by Gasteiger charge is 2.35. The molecular formula is C26H27N5O3S2. The molecule has 2 unspecified atom stereocenters. The van der Waals surface area contributed by atoms with Crippen molar-refractivity contribution in [3.63, 3.8) is 0 Å². The van der Waals surface area contributed by atoms with Gasteiger partial charge in [0.2, 0.25) is 15.9 Å². The van der Waals surface area contributed by atoms with E-state index in [9.17, 15) is 13.2 Å². The van der Waals surface area contributed by atoms with Crippen molar-refractivity contribution >= 4 is 44.4 Å². The predicted molar refractivity (Wildman–Crippen MR) is 141 cm³/mol. The number of hydrogen-bond acceptors (Lipinski definition) is 7. The molecule has 1 fully saturated rings. The number of fused-ring (bicyclic) bond motifs is 1. The third-order valence-electron chi connectivity index (χ3n) is 6.50. The molecule has 1 aromatic heterocycles. The fourth-order valence-corrected chi connectivity index (χ4v) is 6.53. The Balaban J connectivity index is 1.41. The van der Waals surface area contributed by atoms with Crippen LogP contribution in [0.2, 0.25) is 0 Å². The third kappa shape index (κ3) is 4.84. The van der Waals surface area contributed by atoms with E-state index >= 15 is 0 Å². The van der Waals surface area contributed by atoms with Crippen molar-refractivity contribution in [2.75, 3.05) is 24.5 Å². The van der Waals surface area contributed by atoms with Crippen LogP contribution in [0.5, 0.6) is 0 Å². The quantitative estimate of drug-likeness (QED) is 0.415. The molecule has 0 aliphatic carbocycles. The van der Waals surface area contributed by atoms with Crippen LogP contribution < -0.4 is 9.62 Å². The first-order valence-electron chi connectivity index (χ1n) is 11.7. The molecule has 0 bridgehead atoms. The molecule has 3 aromatic carbocycles. The van der Waals surface area contributed by atoms with Gasteiger partial charge in [-0.25, -0.2) is 8.42 Å². The van der Waals surface area contributed by atoms with Gasteiger partial charge in [0.05, 0.1) is 11.7 Å². The van der Waals surface area contributed by atoms with Gasteiger partial charge in [-0.1, -0.05) is 54.1 Å². The first-order valence-corrected chi connectivity index (χ1v) is 14.0. The third-order valence-corrected chi connectivity index (χ3v) is 8.49. The summed E-state index contributed by atoms with van der Waals surface area (Å²) in [6, 6.07) is 21.2. The van der Waals surface area contributed by atoms with E-state index in [2.05, 4.69) is 56.5 Å². The van der Waals surface area contributed by atoms with Crippen molar-refractivity contribution in [2.24, 2.45) is 0 Å². The van der Waals surface area contributed by atoms with Crippen molar-refractivity contribution in [1.82, 2.24) is 18.4 Å². The van der Waals surface area contributed by atoms with Crippen LogP contribution in [0.25, 0.3) is 11.0 Å². The second kappa shape index (κ2) is 9.96. The van der Waals surface area contributed by atoms with Gasteiger partial charge >= 0.3 is 0 Å². The summed E-state index contributed by atoms with van der Waals surface area (Å²) in [5, 5.41) is 0. The number of sulfonamides is 1. The molecule has 1 aliphatic heterocycles. The van der Waals surface area contributed by atoms with Crippen LogP contribution >= 0.6 is 11.7 Å². The second-order valence-electron chi connectivity index (χ2n) is 9.02. The summed E-state index contributed by atoms with van der Waals surface area (Å²) in [6.07, 6.45) is 0. The molecule has 4 aromatic rings. The highest BCUT2D eigenvalue weighted by molar-refractivity contribution is 7.89. The summed E-state index contributed by atoms with van der Waals surface area (Å²) >= 11 is 0.955. The molecule has 5 rings (SSSR count). The van der Waals surface area contributed by atoms with Crippen LogP contribution in [0.15, 0.2) is 77.7 Å². The van der Waals surface area contributed by atoms with E-state index in [-0.39, 0.29) is 16.8 Å². The molecule has 1 N–H and O–H groups in total. The zero-order valence-corrected chi connectivity index (χ0v) is 21.7. The largest absolute Gasteiger partial charge is 0.365 e. The number of nitrogens with zero attached hydrogens (tertiary/aromatic N) is 4. The summed E-state index contributed by atoms with van der Waals surface area (Å²) < 4.78 is 38.0. The number of aryl methyl sites for hydroxylation is 1. The van der Waals surface area contributed by atoms with Gasteiger partial charge in [-0.05, 0) is 43.7 Å². The number of anilines is 1. The number of carbonyl (C=O) groups is 1. The molecular weight excluding hydrogens is 494 g/mol. The molecule has 8 nitrogen and oxygen atoms in total. The number of aromatic nitrogens is 2. The van der Waals surface area contributed by atoms with Crippen LogP contribution in [0.4, 0.5) is 5.69 Å². The highest BCUT2D eigenvalue weighted by Crippen LogP contribution is 2.27. The number of carbonyl (C=O) groups excluding carboxylic acids is 1. The lowest BCUT2D eigenvalue weighted by Gasteiger charge is -2.42. The normalized spacial score (nSPS) is 17.3. The Morgan fingerprint density at radius 3 is 2.47 bits per heavy atom. The fourth-order valence-electron chi connectivity index (χ4n) is 4.58. The lowest BCUT2D eigenvalue weighted by molar-refractivity contribution is -0.133. The lowest BCUT2D eigenvalue weighted by atomic mass is 10.0. The minimum atomic E-state index is -4.06. The monoisotopic (exact) mass is 521 g/mol. The smallest absolute Gasteiger partial charge is 0.245 e. The summed E-state index contributed by atoms with van der Waals surface area (Å²) in [4.78, 5) is 17.9. The minimum absolute atomic E-state index is 0.0139. The highest BCUT2D eigenvalue weighted by atomic mass is 32.2. The minimum Gasteiger partial charge on any atom is -0.365 e. The molecule has 10 heteroatoms. The summed E-state index contributed by atoms with van der Waals surface area (Å²) in [5.74, 6) is -0.274. The van der Waals surface area contributed by atoms with Crippen molar-refractivity contribution in [1.29, 1.82) is 0 Å². The van der Waals surface area contributed by atoms with Crippen LogP contribution in [0.3, 0.4) is 0 Å². The van der Waals surface area contributed by atoms with Crippen molar-refractivity contribution < 1.29 is 13.2 Å². The van der Waals surface area contributed by atoms with Crippen molar-refractivity contribution in [3.05, 3.63) is 83.9 Å². The van der Waals surface area contributed by atoms with E-state index in [1.165, 1.54) is 11.6 Å². The first-order chi connectivity index (χ1) is 17.3. The second-order valence-corrected chi connectivity index (χ2v) is 11.2. The average Bonchev–Trinajstić information content (AvgIpc) is 3.37. The number of amides is 1. The van der Waals surface area contributed by atoms with E-state index in [1.54, 1.807) is 41.3 Å². The molecule has 2 heterocycles. The van der Waals surface area contributed by atoms with E-state index in [0.717, 1.165) is 17.4 Å². The Bertz CT molecular complexity index is 1470.